The van der Waals surface area contributed by atoms with Gasteiger partial charge in [-0.05, 0) is 44.9 Å². The third kappa shape index (κ3) is 6.67. The predicted molar refractivity (Wildman–Crippen MR) is 104 cm³/mol. The number of halogens is 1. The third-order valence-corrected chi connectivity index (χ3v) is 5.06. The van der Waals surface area contributed by atoms with Gasteiger partial charge in [0.15, 0.2) is 11.6 Å². The largest absolute Gasteiger partial charge is 0.486 e. The molecule has 0 spiro atoms. The second kappa shape index (κ2) is 10.8. The van der Waals surface area contributed by atoms with Gasteiger partial charge in [-0.15, -0.1) is 0 Å². The fourth-order valence-corrected chi connectivity index (χ4v) is 3.37. The average molecular weight is 395 g/mol. The number of ether oxygens (including phenoxy) is 1. The van der Waals surface area contributed by atoms with Crippen molar-refractivity contribution in [2.75, 3.05) is 33.2 Å². The number of hydrogen-bond acceptors (Lipinski definition) is 4. The Morgan fingerprint density at radius 3 is 2.79 bits per heavy atom. The van der Waals surface area contributed by atoms with Crippen molar-refractivity contribution in [2.45, 2.75) is 44.8 Å². The maximum Gasteiger partial charge on any atom is 0.317 e. The van der Waals surface area contributed by atoms with Crippen molar-refractivity contribution in [3.8, 4) is 5.75 Å². The molecule has 1 aliphatic rings. The van der Waals surface area contributed by atoms with Crippen LogP contribution in [0.2, 0.25) is 0 Å². The van der Waals surface area contributed by atoms with Gasteiger partial charge >= 0.3 is 12.0 Å². The van der Waals surface area contributed by atoms with E-state index in [4.69, 9.17) is 9.84 Å². The molecule has 1 aromatic carbocycles. The molecular formula is C20H30FN3O4. The molecule has 1 fully saturated rings. The highest BCUT2D eigenvalue weighted by atomic mass is 19.1. The number of amides is 2. The molecule has 0 bridgehead atoms. The first-order valence-corrected chi connectivity index (χ1v) is 9.76. The fraction of sp³-hybridized carbons (Fsp3) is 0.600. The Labute approximate surface area is 165 Å². The van der Waals surface area contributed by atoms with Gasteiger partial charge in [-0.2, -0.15) is 0 Å². The van der Waals surface area contributed by atoms with E-state index in [0.717, 1.165) is 19.3 Å². The second-order valence-electron chi connectivity index (χ2n) is 7.15. The quantitative estimate of drug-likeness (QED) is 0.707. The Morgan fingerprint density at radius 1 is 1.36 bits per heavy atom. The summed E-state index contributed by atoms with van der Waals surface area (Å²) >= 11 is 0. The van der Waals surface area contributed by atoms with Crippen LogP contribution in [0, 0.1) is 5.82 Å². The number of carboxylic acids is 1. The summed E-state index contributed by atoms with van der Waals surface area (Å²) in [6, 6.07) is 6.21. The summed E-state index contributed by atoms with van der Waals surface area (Å²) in [5, 5.41) is 11.8. The molecule has 2 amide bonds. The van der Waals surface area contributed by atoms with Crippen molar-refractivity contribution in [3.63, 3.8) is 0 Å². The van der Waals surface area contributed by atoms with E-state index in [9.17, 15) is 14.0 Å². The Hall–Kier alpha value is -2.35. The highest BCUT2D eigenvalue weighted by Gasteiger charge is 2.24. The standard InChI is InChI=1S/C20H30FN3O4/c1-3-16(28-18-9-5-4-8-17(18)21)13-22-20(27)24-11-6-7-15(10-12-24)23(2)14-19(25)26/h4-5,8-9,15-16H,3,6-7,10-14H2,1-2H3,(H,22,27)(H,25,26). The number of benzene rings is 1. The molecular weight excluding hydrogens is 365 g/mol. The number of rotatable bonds is 8. The van der Waals surface area contributed by atoms with Crippen molar-refractivity contribution in [2.24, 2.45) is 0 Å². The molecule has 1 saturated heterocycles. The SMILES string of the molecule is CCC(CNC(=O)N1CCCC(N(C)CC(=O)O)CC1)Oc1ccccc1F. The molecule has 1 heterocycles. The smallest absolute Gasteiger partial charge is 0.317 e. The number of urea groups is 1. The van der Waals surface area contributed by atoms with Crippen molar-refractivity contribution < 1.29 is 23.8 Å². The lowest BCUT2D eigenvalue weighted by Gasteiger charge is -2.26. The molecule has 156 valence electrons. The van der Waals surface area contributed by atoms with E-state index >= 15 is 0 Å². The molecule has 1 aromatic rings. The van der Waals surface area contributed by atoms with Gasteiger partial charge in [0, 0.05) is 19.1 Å². The van der Waals surface area contributed by atoms with Crippen LogP contribution in [-0.4, -0.2) is 72.3 Å². The number of carbonyl (C=O) groups is 2. The van der Waals surface area contributed by atoms with Gasteiger partial charge in [-0.1, -0.05) is 19.1 Å². The van der Waals surface area contributed by atoms with E-state index in [-0.39, 0.29) is 30.5 Å². The zero-order chi connectivity index (χ0) is 20.5. The molecule has 1 aliphatic heterocycles. The minimum absolute atomic E-state index is 0.00241. The first kappa shape index (κ1) is 21.9. The topological polar surface area (TPSA) is 82.1 Å². The summed E-state index contributed by atoms with van der Waals surface area (Å²) < 4.78 is 19.4. The van der Waals surface area contributed by atoms with Gasteiger partial charge in [0.1, 0.15) is 6.10 Å². The van der Waals surface area contributed by atoms with Crippen LogP contribution >= 0.6 is 0 Å². The number of nitrogens with zero attached hydrogens (tertiary/aromatic N) is 2. The minimum Gasteiger partial charge on any atom is -0.486 e. The highest BCUT2D eigenvalue weighted by Crippen LogP contribution is 2.18. The molecule has 2 unspecified atom stereocenters. The molecule has 2 atom stereocenters. The molecule has 2 N–H and O–H groups in total. The van der Waals surface area contributed by atoms with Gasteiger partial charge in [0.05, 0.1) is 13.1 Å². The summed E-state index contributed by atoms with van der Waals surface area (Å²) in [5.41, 5.74) is 0. The van der Waals surface area contributed by atoms with Crippen LogP contribution in [0.1, 0.15) is 32.6 Å². The summed E-state index contributed by atoms with van der Waals surface area (Å²) in [4.78, 5) is 27.0. The highest BCUT2D eigenvalue weighted by molar-refractivity contribution is 5.74. The molecule has 0 aromatic heterocycles. The third-order valence-electron chi connectivity index (χ3n) is 5.06. The monoisotopic (exact) mass is 395 g/mol. The van der Waals surface area contributed by atoms with E-state index < -0.39 is 11.8 Å². The molecule has 0 aliphatic carbocycles. The Morgan fingerprint density at radius 2 is 2.11 bits per heavy atom. The van der Waals surface area contributed by atoms with Crippen LogP contribution in [0.4, 0.5) is 9.18 Å². The van der Waals surface area contributed by atoms with E-state index in [0.29, 0.717) is 26.1 Å². The van der Waals surface area contributed by atoms with E-state index in [1.807, 2.05) is 11.8 Å². The number of aliphatic carboxylic acids is 1. The molecule has 8 heteroatoms. The molecule has 2 rings (SSSR count). The van der Waals surface area contributed by atoms with Gasteiger partial charge in [-0.25, -0.2) is 9.18 Å². The number of hydrogen-bond donors (Lipinski definition) is 2. The van der Waals surface area contributed by atoms with E-state index in [2.05, 4.69) is 5.32 Å². The molecule has 0 saturated carbocycles. The summed E-state index contributed by atoms with van der Waals surface area (Å²) in [5.74, 6) is -1.08. The summed E-state index contributed by atoms with van der Waals surface area (Å²) in [6.45, 7) is 3.43. The number of likely N-dealkylation sites (tertiary alicyclic amines) is 1. The zero-order valence-corrected chi connectivity index (χ0v) is 16.6. The summed E-state index contributed by atoms with van der Waals surface area (Å²) in [6.07, 6.45) is 2.74. The van der Waals surface area contributed by atoms with Crippen LogP contribution in [0.25, 0.3) is 0 Å². The maximum atomic E-state index is 13.7. The summed E-state index contributed by atoms with van der Waals surface area (Å²) in [7, 11) is 1.81. The van der Waals surface area contributed by atoms with Crippen molar-refractivity contribution in [1.82, 2.24) is 15.1 Å². The Balaban J connectivity index is 1.81. The lowest BCUT2D eigenvalue weighted by molar-refractivity contribution is -0.138. The van der Waals surface area contributed by atoms with Gasteiger partial charge in [0.25, 0.3) is 0 Å². The van der Waals surface area contributed by atoms with Gasteiger partial charge in [0.2, 0.25) is 0 Å². The first-order chi connectivity index (χ1) is 13.4. The number of para-hydroxylation sites is 1. The van der Waals surface area contributed by atoms with Crippen LogP contribution in [-0.2, 0) is 4.79 Å². The molecule has 28 heavy (non-hydrogen) atoms. The van der Waals surface area contributed by atoms with E-state index in [1.165, 1.54) is 6.07 Å². The maximum absolute atomic E-state index is 13.7. The zero-order valence-electron chi connectivity index (χ0n) is 16.6. The van der Waals surface area contributed by atoms with Crippen molar-refractivity contribution in [3.05, 3.63) is 30.1 Å². The lowest BCUT2D eigenvalue weighted by Crippen LogP contribution is -2.44. The van der Waals surface area contributed by atoms with Gasteiger partial charge < -0.3 is 20.1 Å². The number of carbonyl (C=O) groups excluding carboxylic acids is 1. The van der Waals surface area contributed by atoms with Crippen LogP contribution in [0.15, 0.2) is 24.3 Å². The molecule has 0 radical (unpaired) electrons. The van der Waals surface area contributed by atoms with Gasteiger partial charge in [-0.3, -0.25) is 9.69 Å². The lowest BCUT2D eigenvalue weighted by atomic mass is 10.1. The van der Waals surface area contributed by atoms with Crippen LogP contribution < -0.4 is 10.1 Å². The number of nitrogens with one attached hydrogen (secondary N) is 1. The number of likely N-dealkylation sites (N-methyl/N-ethyl adjacent to an activating group) is 1. The fourth-order valence-electron chi connectivity index (χ4n) is 3.37. The predicted octanol–water partition coefficient (Wildman–Crippen LogP) is 2.56. The van der Waals surface area contributed by atoms with Crippen LogP contribution in [0.3, 0.4) is 0 Å². The Kier molecular flexibility index (Phi) is 8.50. The van der Waals surface area contributed by atoms with E-state index in [1.54, 1.807) is 30.1 Å². The second-order valence-corrected chi connectivity index (χ2v) is 7.15. The Bertz CT molecular complexity index is 658. The van der Waals surface area contributed by atoms with Crippen molar-refractivity contribution >= 4 is 12.0 Å². The number of carboxylic acid groups (broad SMARTS) is 1. The normalized spacial score (nSPS) is 18.4. The van der Waals surface area contributed by atoms with Crippen LogP contribution in [0.5, 0.6) is 5.75 Å². The first-order valence-electron chi connectivity index (χ1n) is 9.76. The molecule has 7 nitrogen and oxygen atoms in total. The average Bonchev–Trinajstić information content (AvgIpc) is 2.92. The minimum atomic E-state index is -0.846. The van der Waals surface area contributed by atoms with Crippen molar-refractivity contribution in [1.29, 1.82) is 0 Å².